The topological polar surface area (TPSA) is 32.3 Å². The van der Waals surface area contributed by atoms with Gasteiger partial charge in [-0.05, 0) is 30.7 Å². The number of carbonyl (C=O) groups excluding carboxylic acids is 1. The molecule has 0 aliphatic carbocycles. The molecule has 2 aliphatic rings. The molecule has 86 valence electrons. The molecular formula is C12H16N2OS. The molecule has 3 heterocycles. The first-order chi connectivity index (χ1) is 7.86. The highest BCUT2D eigenvalue weighted by Gasteiger charge is 2.37. The predicted molar refractivity (Wildman–Crippen MR) is 64.4 cm³/mol. The number of nitrogens with one attached hydrogen (secondary N) is 1. The molecule has 4 heteroatoms. The van der Waals surface area contributed by atoms with E-state index in [0.717, 1.165) is 13.0 Å². The van der Waals surface area contributed by atoms with E-state index in [-0.39, 0.29) is 5.91 Å². The Morgan fingerprint density at radius 3 is 3.19 bits per heavy atom. The minimum atomic E-state index is 0.275. The zero-order valence-corrected chi connectivity index (χ0v) is 10.0. The highest BCUT2D eigenvalue weighted by Crippen LogP contribution is 2.33. The lowest BCUT2D eigenvalue weighted by Crippen LogP contribution is -2.57. The minimum Gasteiger partial charge on any atom is -0.337 e. The van der Waals surface area contributed by atoms with Crippen molar-refractivity contribution < 1.29 is 4.79 Å². The standard InChI is InChI=1S/C12H16N2OS/c15-11-8-13-12(10-5-3-7-16-10)9-4-1-2-6-14(9)11/h3,5,7,9,12-13H,1-2,4,6,8H2. The van der Waals surface area contributed by atoms with Crippen LogP contribution in [-0.2, 0) is 4.79 Å². The average Bonchev–Trinajstić information content (AvgIpc) is 2.83. The second kappa shape index (κ2) is 4.18. The summed E-state index contributed by atoms with van der Waals surface area (Å²) in [6, 6.07) is 5.00. The molecular weight excluding hydrogens is 220 g/mol. The van der Waals surface area contributed by atoms with Crippen LogP contribution in [0.15, 0.2) is 17.5 Å². The summed E-state index contributed by atoms with van der Waals surface area (Å²) in [4.78, 5) is 15.3. The zero-order valence-electron chi connectivity index (χ0n) is 9.19. The van der Waals surface area contributed by atoms with Gasteiger partial charge in [0.2, 0.25) is 5.91 Å². The van der Waals surface area contributed by atoms with Crippen LogP contribution in [0.2, 0.25) is 0 Å². The molecule has 2 atom stereocenters. The van der Waals surface area contributed by atoms with E-state index in [4.69, 9.17) is 0 Å². The Balaban J connectivity index is 1.87. The van der Waals surface area contributed by atoms with Crippen molar-refractivity contribution in [2.24, 2.45) is 0 Å². The van der Waals surface area contributed by atoms with Gasteiger partial charge in [-0.25, -0.2) is 0 Å². The van der Waals surface area contributed by atoms with Gasteiger partial charge in [0.25, 0.3) is 0 Å². The third-order valence-corrected chi connectivity index (χ3v) is 4.53. The van der Waals surface area contributed by atoms with E-state index in [2.05, 4.69) is 27.7 Å². The van der Waals surface area contributed by atoms with Crippen molar-refractivity contribution in [3.05, 3.63) is 22.4 Å². The number of thiophene rings is 1. The van der Waals surface area contributed by atoms with Crippen LogP contribution < -0.4 is 5.32 Å². The lowest BCUT2D eigenvalue weighted by Gasteiger charge is -2.44. The van der Waals surface area contributed by atoms with Crippen LogP contribution in [0.1, 0.15) is 30.2 Å². The second-order valence-corrected chi connectivity index (χ2v) is 5.50. The average molecular weight is 236 g/mol. The van der Waals surface area contributed by atoms with Crippen LogP contribution in [0, 0.1) is 0 Å². The van der Waals surface area contributed by atoms with E-state index >= 15 is 0 Å². The normalized spacial score (nSPS) is 30.2. The van der Waals surface area contributed by atoms with Crippen molar-refractivity contribution in [3.8, 4) is 0 Å². The Morgan fingerprint density at radius 1 is 1.44 bits per heavy atom. The number of nitrogens with zero attached hydrogens (tertiary/aromatic N) is 1. The van der Waals surface area contributed by atoms with E-state index in [0.29, 0.717) is 18.6 Å². The molecule has 3 rings (SSSR count). The zero-order chi connectivity index (χ0) is 11.0. The van der Waals surface area contributed by atoms with Gasteiger partial charge in [0.1, 0.15) is 0 Å². The van der Waals surface area contributed by atoms with Crippen LogP contribution in [0.25, 0.3) is 0 Å². The third kappa shape index (κ3) is 1.66. The maximum atomic E-state index is 11.8. The molecule has 0 aromatic carbocycles. The van der Waals surface area contributed by atoms with Gasteiger partial charge in [0.05, 0.1) is 18.6 Å². The number of rotatable bonds is 1. The van der Waals surface area contributed by atoms with Gasteiger partial charge < -0.3 is 4.90 Å². The van der Waals surface area contributed by atoms with Crippen LogP contribution in [-0.4, -0.2) is 29.9 Å². The molecule has 2 saturated heterocycles. The smallest absolute Gasteiger partial charge is 0.236 e. The molecule has 1 aromatic rings. The quantitative estimate of drug-likeness (QED) is 0.806. The fourth-order valence-corrected chi connectivity index (χ4v) is 3.67. The molecule has 1 N–H and O–H groups in total. The summed E-state index contributed by atoms with van der Waals surface area (Å²) >= 11 is 1.79. The van der Waals surface area contributed by atoms with Gasteiger partial charge in [-0.3, -0.25) is 10.1 Å². The molecule has 16 heavy (non-hydrogen) atoms. The van der Waals surface area contributed by atoms with Gasteiger partial charge in [-0.15, -0.1) is 11.3 Å². The van der Waals surface area contributed by atoms with Crippen molar-refractivity contribution in [2.75, 3.05) is 13.1 Å². The Kier molecular flexibility index (Phi) is 2.69. The number of piperazine rings is 1. The van der Waals surface area contributed by atoms with Crippen molar-refractivity contribution >= 4 is 17.2 Å². The van der Waals surface area contributed by atoms with Crippen LogP contribution in [0.3, 0.4) is 0 Å². The van der Waals surface area contributed by atoms with E-state index in [9.17, 15) is 4.79 Å². The van der Waals surface area contributed by atoms with Gasteiger partial charge in [0.15, 0.2) is 0 Å². The van der Waals surface area contributed by atoms with Crippen molar-refractivity contribution in [1.29, 1.82) is 0 Å². The minimum absolute atomic E-state index is 0.275. The summed E-state index contributed by atoms with van der Waals surface area (Å²) in [7, 11) is 0. The maximum Gasteiger partial charge on any atom is 0.236 e. The molecule has 0 bridgehead atoms. The lowest BCUT2D eigenvalue weighted by atomic mass is 9.92. The maximum absolute atomic E-state index is 11.8. The number of hydrogen-bond donors (Lipinski definition) is 1. The second-order valence-electron chi connectivity index (χ2n) is 4.52. The summed E-state index contributed by atoms with van der Waals surface area (Å²) in [5.41, 5.74) is 0. The summed E-state index contributed by atoms with van der Waals surface area (Å²) in [5, 5.41) is 5.50. The fourth-order valence-electron chi connectivity index (χ4n) is 2.81. The van der Waals surface area contributed by atoms with Crippen molar-refractivity contribution in [2.45, 2.75) is 31.3 Å². The molecule has 2 fully saturated rings. The molecule has 0 saturated carbocycles. The summed E-state index contributed by atoms with van der Waals surface area (Å²) in [6.07, 6.45) is 3.55. The number of piperidine rings is 1. The highest BCUT2D eigenvalue weighted by atomic mass is 32.1. The first kappa shape index (κ1) is 10.3. The first-order valence-electron chi connectivity index (χ1n) is 5.92. The van der Waals surface area contributed by atoms with Gasteiger partial charge >= 0.3 is 0 Å². The monoisotopic (exact) mass is 236 g/mol. The van der Waals surface area contributed by atoms with E-state index in [1.54, 1.807) is 11.3 Å². The van der Waals surface area contributed by atoms with Crippen molar-refractivity contribution in [1.82, 2.24) is 10.2 Å². The number of amides is 1. The Hall–Kier alpha value is -0.870. The van der Waals surface area contributed by atoms with Crippen LogP contribution >= 0.6 is 11.3 Å². The molecule has 0 spiro atoms. The molecule has 1 aromatic heterocycles. The number of fused-ring (bicyclic) bond motifs is 1. The Morgan fingerprint density at radius 2 is 2.38 bits per heavy atom. The van der Waals surface area contributed by atoms with E-state index in [1.807, 2.05) is 0 Å². The van der Waals surface area contributed by atoms with Crippen LogP contribution in [0.5, 0.6) is 0 Å². The Bertz CT molecular complexity index is 376. The van der Waals surface area contributed by atoms with Crippen molar-refractivity contribution in [3.63, 3.8) is 0 Å². The SMILES string of the molecule is O=C1CNC(c2cccs2)C2CCCCN12. The predicted octanol–water partition coefficient (Wildman–Crippen LogP) is 1.77. The number of carbonyl (C=O) groups is 1. The third-order valence-electron chi connectivity index (χ3n) is 3.58. The van der Waals surface area contributed by atoms with E-state index < -0.39 is 0 Å². The molecule has 2 aliphatic heterocycles. The molecule has 1 amide bonds. The van der Waals surface area contributed by atoms with Gasteiger partial charge in [-0.1, -0.05) is 6.07 Å². The summed E-state index contributed by atoms with van der Waals surface area (Å²) in [6.45, 7) is 1.45. The van der Waals surface area contributed by atoms with Gasteiger partial charge in [0, 0.05) is 11.4 Å². The van der Waals surface area contributed by atoms with E-state index in [1.165, 1.54) is 17.7 Å². The first-order valence-corrected chi connectivity index (χ1v) is 6.80. The summed E-state index contributed by atoms with van der Waals surface area (Å²) < 4.78 is 0. The highest BCUT2D eigenvalue weighted by molar-refractivity contribution is 7.10. The lowest BCUT2D eigenvalue weighted by molar-refractivity contribution is -0.138. The largest absolute Gasteiger partial charge is 0.337 e. The molecule has 3 nitrogen and oxygen atoms in total. The molecule has 0 radical (unpaired) electrons. The fraction of sp³-hybridized carbons (Fsp3) is 0.583. The Labute approximate surface area is 99.5 Å². The molecule has 2 unspecified atom stereocenters. The number of hydrogen-bond acceptors (Lipinski definition) is 3. The van der Waals surface area contributed by atoms with Crippen LogP contribution in [0.4, 0.5) is 0 Å². The van der Waals surface area contributed by atoms with Gasteiger partial charge in [-0.2, -0.15) is 0 Å². The summed E-state index contributed by atoms with van der Waals surface area (Å²) in [5.74, 6) is 0.275.